The largest absolute Gasteiger partial charge is 0.481 e. The van der Waals surface area contributed by atoms with Crippen LogP contribution in [-0.2, 0) is 19.4 Å². The Morgan fingerprint density at radius 2 is 2.03 bits per heavy atom. The van der Waals surface area contributed by atoms with Crippen molar-refractivity contribution in [2.75, 3.05) is 25.3 Å². The highest BCUT2D eigenvalue weighted by atomic mass is 32.2. The number of nitrogens with two attached hydrogens (primary N) is 1. The summed E-state index contributed by atoms with van der Waals surface area (Å²) in [5.41, 5.74) is -3.23. The normalized spacial score (nSPS) is 16.7. The summed E-state index contributed by atoms with van der Waals surface area (Å²) in [6, 6.07) is 5.95. The third-order valence-corrected chi connectivity index (χ3v) is 5.89. The van der Waals surface area contributed by atoms with Crippen LogP contribution >= 0.6 is 0 Å². The number of nitro groups is 1. The first-order valence-electron chi connectivity index (χ1n) is 9.72. The first-order valence-corrected chi connectivity index (χ1v) is 11.7. The lowest BCUT2D eigenvalue weighted by Crippen LogP contribution is -2.51. The van der Waals surface area contributed by atoms with Crippen molar-refractivity contribution in [3.8, 4) is 11.8 Å². The van der Waals surface area contributed by atoms with Crippen LogP contribution in [0.15, 0.2) is 34.8 Å². The Balaban J connectivity index is 2.76. The Bertz CT molecular complexity index is 1270. The van der Waals surface area contributed by atoms with Gasteiger partial charge in [-0.05, 0) is 18.6 Å². The Hall–Kier alpha value is -4.23. The SMILES string of the molecule is CN(C)c1cc(OC2=C([N+](=O)[O-])C(C(CCC(=O)O)C(=O)O)=NC(S(C)(=O)=O)N2N)ccc1C#N. The van der Waals surface area contributed by atoms with E-state index in [-0.39, 0.29) is 11.3 Å². The Morgan fingerprint density at radius 1 is 1.40 bits per heavy atom. The number of hydrogen-bond acceptors (Lipinski definition) is 12. The van der Waals surface area contributed by atoms with Crippen LogP contribution in [-0.4, -0.2) is 72.1 Å². The van der Waals surface area contributed by atoms with Crippen molar-refractivity contribution in [3.05, 3.63) is 45.5 Å². The molecule has 4 N–H and O–H groups in total. The van der Waals surface area contributed by atoms with Gasteiger partial charge in [-0.1, -0.05) is 0 Å². The maximum Gasteiger partial charge on any atom is 0.352 e. The van der Waals surface area contributed by atoms with Gasteiger partial charge in [-0.3, -0.25) is 19.7 Å². The van der Waals surface area contributed by atoms with Gasteiger partial charge < -0.3 is 19.8 Å². The highest BCUT2D eigenvalue weighted by molar-refractivity contribution is 7.91. The van der Waals surface area contributed by atoms with E-state index < -0.39 is 68.2 Å². The summed E-state index contributed by atoms with van der Waals surface area (Å²) in [5.74, 6) is 0.0736. The Morgan fingerprint density at radius 3 is 2.49 bits per heavy atom. The van der Waals surface area contributed by atoms with E-state index in [4.69, 9.17) is 15.7 Å². The van der Waals surface area contributed by atoms with E-state index in [2.05, 4.69) is 4.99 Å². The first-order chi connectivity index (χ1) is 16.2. The second-order valence-electron chi connectivity index (χ2n) is 7.60. The smallest absolute Gasteiger partial charge is 0.352 e. The molecule has 1 aliphatic rings. The predicted molar refractivity (Wildman–Crippen MR) is 120 cm³/mol. The van der Waals surface area contributed by atoms with Crippen LogP contribution in [0.4, 0.5) is 5.69 Å². The zero-order valence-electron chi connectivity index (χ0n) is 18.8. The molecule has 16 heteroatoms. The summed E-state index contributed by atoms with van der Waals surface area (Å²) in [7, 11) is -0.935. The highest BCUT2D eigenvalue weighted by Crippen LogP contribution is 2.32. The van der Waals surface area contributed by atoms with Gasteiger partial charge in [0.15, 0.2) is 9.84 Å². The van der Waals surface area contributed by atoms with Crippen LogP contribution in [0.2, 0.25) is 0 Å². The lowest BCUT2D eigenvalue weighted by Gasteiger charge is -2.31. The average Bonchev–Trinajstić information content (AvgIpc) is 2.73. The molecule has 35 heavy (non-hydrogen) atoms. The first kappa shape index (κ1) is 27.0. The molecular weight excluding hydrogens is 488 g/mol. The minimum Gasteiger partial charge on any atom is -0.481 e. The van der Waals surface area contributed by atoms with Gasteiger partial charge in [0.25, 0.3) is 5.88 Å². The number of carboxylic acid groups (broad SMARTS) is 2. The number of hydrazine groups is 1. The van der Waals surface area contributed by atoms with Crippen LogP contribution in [0, 0.1) is 27.4 Å². The van der Waals surface area contributed by atoms with Crippen LogP contribution in [0.3, 0.4) is 0 Å². The third kappa shape index (κ3) is 6.02. The zero-order valence-corrected chi connectivity index (χ0v) is 19.6. The molecule has 0 bridgehead atoms. The Kier molecular flexibility index (Phi) is 8.00. The minimum atomic E-state index is -4.19. The summed E-state index contributed by atoms with van der Waals surface area (Å²) in [6.45, 7) is 0. The fraction of sp³-hybridized carbons (Fsp3) is 0.368. The quantitative estimate of drug-likeness (QED) is 0.213. The molecule has 0 radical (unpaired) electrons. The molecule has 0 amide bonds. The standard InChI is InChI=1S/C19H22N6O9S/c1-23(2)13-8-11(5-4-10(13)9-20)34-17-16(25(30)31)15(12(18(28)29)6-7-14(26)27)22-19(24(17)21)35(3,32)33/h4-5,8,12,19H,6-7,21H2,1-3H3,(H,26,27)(H,28,29). The van der Waals surface area contributed by atoms with Crippen LogP contribution < -0.4 is 15.5 Å². The zero-order chi connectivity index (χ0) is 26.7. The van der Waals surface area contributed by atoms with Gasteiger partial charge in [0.1, 0.15) is 23.4 Å². The van der Waals surface area contributed by atoms with Crippen molar-refractivity contribution in [1.82, 2.24) is 5.01 Å². The maximum atomic E-state index is 12.3. The maximum absolute atomic E-state index is 12.3. The summed E-state index contributed by atoms with van der Waals surface area (Å²) < 4.78 is 30.3. The minimum absolute atomic E-state index is 0.0802. The molecule has 0 aromatic heterocycles. The van der Waals surface area contributed by atoms with Gasteiger partial charge in [-0.25, -0.2) is 24.3 Å². The number of benzene rings is 1. The fourth-order valence-electron chi connectivity index (χ4n) is 3.20. The lowest BCUT2D eigenvalue weighted by atomic mass is 9.94. The Labute approximate surface area is 199 Å². The van der Waals surface area contributed by atoms with E-state index in [1.54, 1.807) is 19.0 Å². The number of hydrogen-bond donors (Lipinski definition) is 3. The summed E-state index contributed by atoms with van der Waals surface area (Å²) in [5, 5.41) is 40.2. The summed E-state index contributed by atoms with van der Waals surface area (Å²) >= 11 is 0. The molecule has 0 aliphatic carbocycles. The van der Waals surface area contributed by atoms with E-state index in [1.807, 2.05) is 6.07 Å². The summed E-state index contributed by atoms with van der Waals surface area (Å²) in [4.78, 5) is 39.1. The van der Waals surface area contributed by atoms with Gasteiger partial charge in [0, 0.05) is 32.8 Å². The van der Waals surface area contributed by atoms with Crippen molar-refractivity contribution < 1.29 is 37.9 Å². The monoisotopic (exact) mass is 510 g/mol. The van der Waals surface area contributed by atoms with Gasteiger partial charge in [0.05, 0.1) is 16.2 Å². The number of anilines is 1. The molecule has 2 rings (SSSR count). The third-order valence-electron chi connectivity index (χ3n) is 4.79. The number of aliphatic imine (C=N–C) groups is 1. The van der Waals surface area contributed by atoms with Gasteiger partial charge >= 0.3 is 17.6 Å². The number of carboxylic acids is 2. The molecule has 0 saturated heterocycles. The molecule has 0 saturated carbocycles. The topological polar surface area (TPSA) is 230 Å². The second kappa shape index (κ2) is 10.4. The molecule has 1 aromatic carbocycles. The molecule has 1 heterocycles. The number of rotatable bonds is 10. The van der Waals surface area contributed by atoms with Crippen molar-refractivity contribution >= 4 is 33.2 Å². The molecular formula is C19H22N6O9S. The van der Waals surface area contributed by atoms with E-state index >= 15 is 0 Å². The van der Waals surface area contributed by atoms with E-state index in [0.717, 1.165) is 6.26 Å². The number of aliphatic carboxylic acids is 2. The summed E-state index contributed by atoms with van der Waals surface area (Å²) in [6.07, 6.45) is -0.571. The number of allylic oxidation sites excluding steroid dienone is 1. The second-order valence-corrected chi connectivity index (χ2v) is 9.68. The molecule has 15 nitrogen and oxygen atoms in total. The predicted octanol–water partition coefficient (Wildman–Crippen LogP) is -0.0270. The van der Waals surface area contributed by atoms with Gasteiger partial charge in [0.2, 0.25) is 5.50 Å². The lowest BCUT2D eigenvalue weighted by molar-refractivity contribution is -0.420. The van der Waals surface area contributed by atoms with Crippen molar-refractivity contribution in [2.45, 2.75) is 18.3 Å². The van der Waals surface area contributed by atoms with Crippen LogP contribution in [0.1, 0.15) is 18.4 Å². The molecule has 188 valence electrons. The number of nitrogens with zero attached hydrogens (tertiary/aromatic N) is 5. The van der Waals surface area contributed by atoms with Gasteiger partial charge in [-0.2, -0.15) is 5.26 Å². The van der Waals surface area contributed by atoms with Crippen molar-refractivity contribution in [1.29, 1.82) is 5.26 Å². The molecule has 0 spiro atoms. The number of nitriles is 1. The molecule has 2 unspecified atom stereocenters. The average molecular weight is 510 g/mol. The van der Waals surface area contributed by atoms with E-state index in [1.165, 1.54) is 18.2 Å². The van der Waals surface area contributed by atoms with E-state index in [0.29, 0.717) is 10.7 Å². The fourth-order valence-corrected chi connectivity index (χ4v) is 4.01. The highest BCUT2D eigenvalue weighted by Gasteiger charge is 2.46. The molecule has 1 aliphatic heterocycles. The van der Waals surface area contributed by atoms with E-state index in [9.17, 15) is 38.5 Å². The number of ether oxygens (including phenoxy) is 1. The molecule has 0 fully saturated rings. The number of carbonyl (C=O) groups is 2. The van der Waals surface area contributed by atoms with Crippen molar-refractivity contribution in [3.63, 3.8) is 0 Å². The molecule has 2 atom stereocenters. The van der Waals surface area contributed by atoms with Gasteiger partial charge in [-0.15, -0.1) is 0 Å². The van der Waals surface area contributed by atoms with Crippen molar-refractivity contribution in [2.24, 2.45) is 16.8 Å². The number of sulfone groups is 1. The molecule has 1 aromatic rings. The van der Waals surface area contributed by atoms with Crippen LogP contribution in [0.5, 0.6) is 5.75 Å². The van der Waals surface area contributed by atoms with Crippen LogP contribution in [0.25, 0.3) is 0 Å².